The molecule has 0 amide bonds. The maximum absolute atomic E-state index is 8.17. The van der Waals surface area contributed by atoms with Crippen molar-refractivity contribution in [2.45, 2.75) is 0 Å². The van der Waals surface area contributed by atoms with E-state index in [4.69, 9.17) is 5.21 Å². The molecule has 52 valence electrons. The van der Waals surface area contributed by atoms with E-state index in [1.165, 1.54) is 6.21 Å². The van der Waals surface area contributed by atoms with Crippen LogP contribution in [-0.4, -0.2) is 16.4 Å². The molecule has 0 aliphatic heterocycles. The van der Waals surface area contributed by atoms with E-state index < -0.39 is 0 Å². The fourth-order valence-corrected chi connectivity index (χ4v) is 0.906. The minimum atomic E-state index is 0.803. The number of halogens is 1. The third-order valence-corrected chi connectivity index (χ3v) is 1.66. The summed E-state index contributed by atoms with van der Waals surface area (Å²) in [6, 6.07) is 1.74. The highest BCUT2D eigenvalue weighted by Crippen LogP contribution is 2.11. The van der Waals surface area contributed by atoms with Crippen LogP contribution in [0.25, 0.3) is 0 Å². The Bertz CT molecular complexity index is 249. The number of rotatable bonds is 1. The van der Waals surface area contributed by atoms with Crippen molar-refractivity contribution in [2.75, 3.05) is 0 Å². The Balaban J connectivity index is 3.03. The zero-order valence-electron chi connectivity index (χ0n) is 5.03. The summed E-state index contributed by atoms with van der Waals surface area (Å²) in [4.78, 5) is 3.84. The molecule has 0 spiro atoms. The Morgan fingerprint density at radius 1 is 1.70 bits per heavy atom. The van der Waals surface area contributed by atoms with Crippen LogP contribution >= 0.6 is 15.9 Å². The molecule has 0 radical (unpaired) electrons. The van der Waals surface area contributed by atoms with Crippen molar-refractivity contribution in [3.05, 3.63) is 28.5 Å². The number of aromatic nitrogens is 1. The highest BCUT2D eigenvalue weighted by Gasteiger charge is 1.92. The van der Waals surface area contributed by atoms with Crippen LogP contribution in [0.5, 0.6) is 0 Å². The van der Waals surface area contributed by atoms with E-state index in [0.29, 0.717) is 0 Å². The summed E-state index contributed by atoms with van der Waals surface area (Å²) in [5, 5.41) is 11.1. The molecule has 0 aliphatic rings. The van der Waals surface area contributed by atoms with E-state index >= 15 is 0 Å². The summed E-state index contributed by atoms with van der Waals surface area (Å²) >= 11 is 3.23. The number of hydrogen-bond acceptors (Lipinski definition) is 3. The summed E-state index contributed by atoms with van der Waals surface area (Å²) in [6.45, 7) is 0. The first-order chi connectivity index (χ1) is 4.84. The number of pyridine rings is 1. The van der Waals surface area contributed by atoms with Crippen molar-refractivity contribution in [3.63, 3.8) is 0 Å². The lowest BCUT2D eigenvalue weighted by Crippen LogP contribution is -1.83. The Morgan fingerprint density at radius 2 is 2.50 bits per heavy atom. The number of nitrogens with zero attached hydrogens (tertiary/aromatic N) is 2. The first-order valence-electron chi connectivity index (χ1n) is 2.61. The van der Waals surface area contributed by atoms with Crippen molar-refractivity contribution < 1.29 is 5.21 Å². The third kappa shape index (κ3) is 1.54. The van der Waals surface area contributed by atoms with Gasteiger partial charge in [-0.15, -0.1) is 0 Å². The average Bonchev–Trinajstić information content (AvgIpc) is 1.94. The molecule has 1 heterocycles. The molecule has 0 saturated carbocycles. The predicted molar refractivity (Wildman–Crippen MR) is 41.3 cm³/mol. The summed E-state index contributed by atoms with van der Waals surface area (Å²) in [6.07, 6.45) is 4.60. The van der Waals surface area contributed by atoms with E-state index in [2.05, 4.69) is 26.1 Å². The third-order valence-electron chi connectivity index (χ3n) is 1.00. The molecule has 0 saturated heterocycles. The van der Waals surface area contributed by atoms with E-state index in [1.54, 1.807) is 18.5 Å². The van der Waals surface area contributed by atoms with Crippen LogP contribution in [0.3, 0.4) is 0 Å². The summed E-state index contributed by atoms with van der Waals surface area (Å²) < 4.78 is 0.813. The highest BCUT2D eigenvalue weighted by molar-refractivity contribution is 9.10. The van der Waals surface area contributed by atoms with Crippen LogP contribution in [0.15, 0.2) is 28.1 Å². The summed E-state index contributed by atoms with van der Waals surface area (Å²) in [5.74, 6) is 0. The maximum atomic E-state index is 8.17. The highest BCUT2D eigenvalue weighted by atomic mass is 79.9. The number of oxime groups is 1. The Labute approximate surface area is 66.5 Å². The van der Waals surface area contributed by atoms with Gasteiger partial charge in [0.2, 0.25) is 0 Å². The average molecular weight is 201 g/mol. The molecular weight excluding hydrogens is 196 g/mol. The Hall–Kier alpha value is -0.900. The van der Waals surface area contributed by atoms with E-state index in [-0.39, 0.29) is 0 Å². The second-order valence-corrected chi connectivity index (χ2v) is 2.50. The van der Waals surface area contributed by atoms with Gasteiger partial charge in [0.05, 0.1) is 6.21 Å². The molecule has 1 rings (SSSR count). The quantitative estimate of drug-likeness (QED) is 0.426. The molecule has 0 atom stereocenters. The van der Waals surface area contributed by atoms with Crippen molar-refractivity contribution in [2.24, 2.45) is 5.16 Å². The van der Waals surface area contributed by atoms with Gasteiger partial charge in [0.25, 0.3) is 0 Å². The SMILES string of the molecule is O/N=C/c1ccncc1Br. The van der Waals surface area contributed by atoms with Crippen LogP contribution in [0, 0.1) is 0 Å². The van der Waals surface area contributed by atoms with Gasteiger partial charge < -0.3 is 5.21 Å². The predicted octanol–water partition coefficient (Wildman–Crippen LogP) is 1.65. The van der Waals surface area contributed by atoms with Gasteiger partial charge in [0.1, 0.15) is 0 Å². The first kappa shape index (κ1) is 7.21. The minimum Gasteiger partial charge on any atom is -0.411 e. The van der Waals surface area contributed by atoms with Gasteiger partial charge in [0, 0.05) is 22.4 Å². The molecule has 1 aromatic heterocycles. The molecule has 3 nitrogen and oxygen atoms in total. The van der Waals surface area contributed by atoms with Crippen molar-refractivity contribution in [3.8, 4) is 0 Å². The maximum Gasteiger partial charge on any atom is 0.0746 e. The van der Waals surface area contributed by atoms with Crippen LogP contribution in [-0.2, 0) is 0 Å². The topological polar surface area (TPSA) is 45.5 Å². The molecular formula is C6H5BrN2O. The molecule has 0 fully saturated rings. The van der Waals surface area contributed by atoms with Gasteiger partial charge in [-0.3, -0.25) is 4.98 Å². The summed E-state index contributed by atoms with van der Waals surface area (Å²) in [5.41, 5.74) is 0.803. The van der Waals surface area contributed by atoms with Crippen LogP contribution in [0.1, 0.15) is 5.56 Å². The van der Waals surface area contributed by atoms with Gasteiger partial charge >= 0.3 is 0 Å². The second-order valence-electron chi connectivity index (χ2n) is 1.64. The van der Waals surface area contributed by atoms with Gasteiger partial charge in [-0.05, 0) is 22.0 Å². The monoisotopic (exact) mass is 200 g/mol. The lowest BCUT2D eigenvalue weighted by molar-refractivity contribution is 0.322. The van der Waals surface area contributed by atoms with Crippen molar-refractivity contribution in [1.29, 1.82) is 0 Å². The molecule has 1 N–H and O–H groups in total. The van der Waals surface area contributed by atoms with Crippen LogP contribution in [0.4, 0.5) is 0 Å². The van der Waals surface area contributed by atoms with E-state index in [0.717, 1.165) is 10.0 Å². The number of hydrogen-bond donors (Lipinski definition) is 1. The van der Waals surface area contributed by atoms with Gasteiger partial charge in [-0.2, -0.15) is 0 Å². The summed E-state index contributed by atoms with van der Waals surface area (Å²) in [7, 11) is 0. The first-order valence-corrected chi connectivity index (χ1v) is 3.41. The molecule has 0 unspecified atom stereocenters. The van der Waals surface area contributed by atoms with Gasteiger partial charge in [-0.25, -0.2) is 0 Å². The van der Waals surface area contributed by atoms with Crippen LogP contribution in [0.2, 0.25) is 0 Å². The van der Waals surface area contributed by atoms with E-state index in [9.17, 15) is 0 Å². The van der Waals surface area contributed by atoms with E-state index in [1.807, 2.05) is 0 Å². The van der Waals surface area contributed by atoms with Gasteiger partial charge in [0.15, 0.2) is 0 Å². The zero-order chi connectivity index (χ0) is 7.40. The molecule has 0 aromatic carbocycles. The largest absolute Gasteiger partial charge is 0.411 e. The van der Waals surface area contributed by atoms with Crippen molar-refractivity contribution >= 4 is 22.1 Å². The fourth-order valence-electron chi connectivity index (χ4n) is 0.553. The smallest absolute Gasteiger partial charge is 0.0746 e. The molecule has 4 heteroatoms. The zero-order valence-corrected chi connectivity index (χ0v) is 6.62. The Kier molecular flexibility index (Phi) is 2.39. The molecule has 1 aromatic rings. The lowest BCUT2D eigenvalue weighted by atomic mass is 10.3. The minimum absolute atomic E-state index is 0.803. The molecule has 0 aliphatic carbocycles. The normalized spacial score (nSPS) is 10.5. The standard InChI is InChI=1S/C6H5BrN2O/c7-6-4-8-2-1-5(6)3-9-10/h1-4,10H/b9-3+. The van der Waals surface area contributed by atoms with Gasteiger partial charge in [-0.1, -0.05) is 5.16 Å². The second kappa shape index (κ2) is 3.31. The van der Waals surface area contributed by atoms with Crippen LogP contribution < -0.4 is 0 Å². The molecule has 0 bridgehead atoms. The molecule has 10 heavy (non-hydrogen) atoms. The fraction of sp³-hybridized carbons (Fsp3) is 0. The lowest BCUT2D eigenvalue weighted by Gasteiger charge is -1.92. The Morgan fingerprint density at radius 3 is 3.10 bits per heavy atom. The van der Waals surface area contributed by atoms with Crippen molar-refractivity contribution in [1.82, 2.24) is 4.98 Å².